The molecule has 0 aliphatic carbocycles. The first-order valence-electron chi connectivity index (χ1n) is 9.20. The van der Waals surface area contributed by atoms with Gasteiger partial charge in [0.15, 0.2) is 0 Å². The van der Waals surface area contributed by atoms with Crippen LogP contribution in [0.3, 0.4) is 0 Å². The fourth-order valence-electron chi connectivity index (χ4n) is 2.96. The monoisotopic (exact) mass is 351 g/mol. The van der Waals surface area contributed by atoms with Gasteiger partial charge in [-0.1, -0.05) is 25.5 Å². The van der Waals surface area contributed by atoms with Crippen LogP contribution < -0.4 is 5.32 Å². The Morgan fingerprint density at radius 3 is 2.65 bits per heavy atom. The van der Waals surface area contributed by atoms with Crippen molar-refractivity contribution < 1.29 is 0 Å². The molecule has 0 atom stereocenters. The largest absolute Gasteiger partial charge is 0.352 e. The summed E-state index contributed by atoms with van der Waals surface area (Å²) in [6.45, 7) is 10.4. The summed E-state index contributed by atoms with van der Waals surface area (Å²) in [5.74, 6) is 0.669. The molecule has 1 N–H and O–H groups in total. The molecule has 0 unspecified atom stereocenters. The van der Waals surface area contributed by atoms with Crippen molar-refractivity contribution >= 4 is 17.2 Å². The molecule has 0 fully saturated rings. The molecule has 0 amide bonds. The lowest BCUT2D eigenvalue weighted by molar-refractivity contribution is 0.869. The summed E-state index contributed by atoms with van der Waals surface area (Å²) in [6.07, 6.45) is 6.07. The molecule has 2 aromatic rings. The lowest BCUT2D eigenvalue weighted by atomic mass is 9.94. The summed E-state index contributed by atoms with van der Waals surface area (Å²) < 4.78 is 0. The Hall–Kier alpha value is -2.56. The zero-order chi connectivity index (χ0) is 19.1. The van der Waals surface area contributed by atoms with E-state index < -0.39 is 0 Å². The molecule has 0 radical (unpaired) electrons. The van der Waals surface area contributed by atoms with Gasteiger partial charge in [-0.2, -0.15) is 10.2 Å². The molecule has 138 valence electrons. The maximum atomic E-state index is 4.62. The second kappa shape index (κ2) is 9.22. The van der Waals surface area contributed by atoms with Crippen LogP contribution >= 0.6 is 0 Å². The second-order valence-corrected chi connectivity index (χ2v) is 6.59. The molecule has 26 heavy (non-hydrogen) atoms. The van der Waals surface area contributed by atoms with Crippen LogP contribution in [0.2, 0.25) is 0 Å². The third-order valence-electron chi connectivity index (χ3n) is 4.09. The summed E-state index contributed by atoms with van der Waals surface area (Å²) in [5.41, 5.74) is 6.46. The molecule has 2 rings (SSSR count). The molecule has 1 heterocycles. The number of allylic oxidation sites excluding steroid dienone is 1. The van der Waals surface area contributed by atoms with Crippen LogP contribution in [-0.2, 0) is 6.42 Å². The lowest BCUT2D eigenvalue weighted by Gasteiger charge is -2.14. The first kappa shape index (κ1) is 19.8. The van der Waals surface area contributed by atoms with Gasteiger partial charge in [0.05, 0.1) is 11.4 Å². The molecule has 0 saturated heterocycles. The normalized spacial score (nSPS) is 12.2. The smallest absolute Gasteiger partial charge is 0.223 e. The van der Waals surface area contributed by atoms with Crippen molar-refractivity contribution in [1.29, 1.82) is 0 Å². The number of hydrogen-bond donors (Lipinski definition) is 1. The maximum absolute atomic E-state index is 4.62. The van der Waals surface area contributed by atoms with E-state index in [1.165, 1.54) is 5.56 Å². The number of benzene rings is 1. The van der Waals surface area contributed by atoms with Crippen molar-refractivity contribution in [2.24, 2.45) is 10.2 Å². The van der Waals surface area contributed by atoms with Crippen LogP contribution in [0, 0.1) is 6.92 Å². The van der Waals surface area contributed by atoms with Crippen LogP contribution in [0.15, 0.2) is 40.7 Å². The molecule has 0 aliphatic rings. The minimum absolute atomic E-state index is 0.304. The minimum Gasteiger partial charge on any atom is -0.352 e. The summed E-state index contributed by atoms with van der Waals surface area (Å²) >= 11 is 0. The zero-order valence-electron chi connectivity index (χ0n) is 16.7. The predicted molar refractivity (Wildman–Crippen MR) is 109 cm³/mol. The van der Waals surface area contributed by atoms with Crippen LogP contribution in [-0.4, -0.2) is 23.1 Å². The second-order valence-electron chi connectivity index (χ2n) is 6.59. The standard InChI is InChI=1S/C21H29N5/c1-7-9-17-12-16(10-11-20(17)26-22-6)18(8-2)19-13-23-21(24-14(3)4)25-15(19)5/h8,10-14H,7,9H2,1-6H3,(H,23,24,25)/b18-8-,26-22?. The Labute approximate surface area is 156 Å². The van der Waals surface area contributed by atoms with E-state index in [2.05, 4.69) is 64.5 Å². The molecular formula is C21H29N5. The van der Waals surface area contributed by atoms with Gasteiger partial charge in [0.2, 0.25) is 5.95 Å². The van der Waals surface area contributed by atoms with E-state index in [1.807, 2.05) is 26.1 Å². The van der Waals surface area contributed by atoms with Crippen LogP contribution in [0.5, 0.6) is 0 Å². The number of azo groups is 1. The van der Waals surface area contributed by atoms with Crippen molar-refractivity contribution in [2.75, 3.05) is 12.4 Å². The predicted octanol–water partition coefficient (Wildman–Crippen LogP) is 5.72. The highest BCUT2D eigenvalue weighted by atomic mass is 15.1. The highest BCUT2D eigenvalue weighted by Gasteiger charge is 2.12. The van der Waals surface area contributed by atoms with E-state index in [0.29, 0.717) is 12.0 Å². The van der Waals surface area contributed by atoms with Gasteiger partial charge in [0.1, 0.15) is 0 Å². The molecule has 5 nitrogen and oxygen atoms in total. The number of anilines is 1. The van der Waals surface area contributed by atoms with Gasteiger partial charge in [-0.15, -0.1) is 0 Å². The first-order valence-corrected chi connectivity index (χ1v) is 9.20. The fourth-order valence-corrected chi connectivity index (χ4v) is 2.96. The molecule has 1 aromatic carbocycles. The topological polar surface area (TPSA) is 62.5 Å². The average Bonchev–Trinajstić information content (AvgIpc) is 2.59. The van der Waals surface area contributed by atoms with E-state index in [0.717, 1.165) is 40.9 Å². The summed E-state index contributed by atoms with van der Waals surface area (Å²) in [7, 11) is 1.70. The number of aromatic nitrogens is 2. The van der Waals surface area contributed by atoms with Crippen LogP contribution in [0.1, 0.15) is 56.5 Å². The van der Waals surface area contributed by atoms with Gasteiger partial charge in [0.25, 0.3) is 0 Å². The third-order valence-corrected chi connectivity index (χ3v) is 4.09. The summed E-state index contributed by atoms with van der Waals surface area (Å²) in [5, 5.41) is 11.4. The Morgan fingerprint density at radius 2 is 2.08 bits per heavy atom. The first-order chi connectivity index (χ1) is 12.5. The van der Waals surface area contributed by atoms with E-state index >= 15 is 0 Å². The van der Waals surface area contributed by atoms with Crippen molar-refractivity contribution in [3.63, 3.8) is 0 Å². The number of nitrogens with zero attached hydrogens (tertiary/aromatic N) is 4. The number of aryl methyl sites for hydroxylation is 2. The Morgan fingerprint density at radius 1 is 1.31 bits per heavy atom. The molecule has 5 heteroatoms. The van der Waals surface area contributed by atoms with E-state index in [-0.39, 0.29) is 0 Å². The highest BCUT2D eigenvalue weighted by molar-refractivity contribution is 5.81. The number of nitrogens with one attached hydrogen (secondary N) is 1. The average molecular weight is 351 g/mol. The Kier molecular flexibility index (Phi) is 7.01. The molecule has 1 aromatic heterocycles. The van der Waals surface area contributed by atoms with Crippen molar-refractivity contribution in [3.8, 4) is 0 Å². The van der Waals surface area contributed by atoms with Crippen molar-refractivity contribution in [3.05, 3.63) is 52.9 Å². The van der Waals surface area contributed by atoms with Gasteiger partial charge in [0, 0.05) is 24.8 Å². The minimum atomic E-state index is 0.304. The quantitative estimate of drug-likeness (QED) is 0.649. The molecule has 0 saturated carbocycles. The van der Waals surface area contributed by atoms with E-state index in [1.54, 1.807) is 7.05 Å². The van der Waals surface area contributed by atoms with Crippen LogP contribution in [0.4, 0.5) is 11.6 Å². The van der Waals surface area contributed by atoms with Gasteiger partial charge < -0.3 is 5.32 Å². The number of hydrogen-bond acceptors (Lipinski definition) is 5. The van der Waals surface area contributed by atoms with E-state index in [4.69, 9.17) is 0 Å². The van der Waals surface area contributed by atoms with Crippen molar-refractivity contribution in [1.82, 2.24) is 9.97 Å². The Bertz CT molecular complexity index is 806. The van der Waals surface area contributed by atoms with Crippen LogP contribution in [0.25, 0.3) is 5.57 Å². The third kappa shape index (κ3) is 4.75. The lowest BCUT2D eigenvalue weighted by Crippen LogP contribution is -2.13. The molecular weight excluding hydrogens is 322 g/mol. The van der Waals surface area contributed by atoms with E-state index in [9.17, 15) is 0 Å². The molecule has 0 spiro atoms. The van der Waals surface area contributed by atoms with Crippen molar-refractivity contribution in [2.45, 2.75) is 53.5 Å². The zero-order valence-corrected chi connectivity index (χ0v) is 16.7. The molecule has 0 bridgehead atoms. The SMILES string of the molecule is C/C=C(/c1ccc(N=NC)c(CCC)c1)c1cnc(NC(C)C)nc1C. The van der Waals surface area contributed by atoms with Gasteiger partial charge in [-0.05, 0) is 62.9 Å². The molecule has 0 aliphatic heterocycles. The summed E-state index contributed by atoms with van der Waals surface area (Å²) in [4.78, 5) is 9.10. The fraction of sp³-hybridized carbons (Fsp3) is 0.429. The van der Waals surface area contributed by atoms with Gasteiger partial charge in [-0.3, -0.25) is 0 Å². The number of rotatable bonds is 7. The highest BCUT2D eigenvalue weighted by Crippen LogP contribution is 2.30. The van der Waals surface area contributed by atoms with Gasteiger partial charge >= 0.3 is 0 Å². The van der Waals surface area contributed by atoms with Gasteiger partial charge in [-0.25, -0.2) is 9.97 Å². The maximum Gasteiger partial charge on any atom is 0.223 e. The summed E-state index contributed by atoms with van der Waals surface area (Å²) in [6, 6.07) is 6.65. The Balaban J connectivity index is 2.44.